The summed E-state index contributed by atoms with van der Waals surface area (Å²) in [6.07, 6.45) is 1.81. The number of amides is 1. The Hall–Kier alpha value is -3.53. The number of thiocarbonyl (C=S) groups is 1. The lowest BCUT2D eigenvalue weighted by Gasteiger charge is -2.28. The van der Waals surface area contributed by atoms with Gasteiger partial charge in [0, 0.05) is 46.2 Å². The monoisotopic (exact) mass is 589 g/mol. The Labute approximate surface area is 236 Å². The summed E-state index contributed by atoms with van der Waals surface area (Å²) in [7, 11) is 1.50. The van der Waals surface area contributed by atoms with Gasteiger partial charge in [0.25, 0.3) is 0 Å². The summed E-state index contributed by atoms with van der Waals surface area (Å²) in [4.78, 5) is 18.8. The minimum absolute atomic E-state index is 0.00329. The van der Waals surface area contributed by atoms with Crippen molar-refractivity contribution in [1.29, 1.82) is 0 Å². The van der Waals surface area contributed by atoms with Crippen LogP contribution in [0.4, 0.5) is 11.4 Å². The molecule has 0 aliphatic carbocycles. The molecule has 0 radical (unpaired) electrons. The van der Waals surface area contributed by atoms with Crippen LogP contribution in [0.1, 0.15) is 34.7 Å². The van der Waals surface area contributed by atoms with E-state index >= 15 is 0 Å². The lowest BCUT2D eigenvalue weighted by atomic mass is 9.96. The van der Waals surface area contributed by atoms with Crippen LogP contribution >= 0.6 is 28.1 Å². The predicted octanol–water partition coefficient (Wildman–Crippen LogP) is 6.01. The summed E-state index contributed by atoms with van der Waals surface area (Å²) < 4.78 is 8.21. The minimum atomic E-state index is -0.202. The van der Waals surface area contributed by atoms with Crippen LogP contribution in [-0.2, 0) is 9.53 Å². The van der Waals surface area contributed by atoms with Gasteiger partial charge in [-0.2, -0.15) is 0 Å². The second-order valence-electron chi connectivity index (χ2n) is 9.17. The molecule has 1 amide bonds. The first-order valence-electron chi connectivity index (χ1n) is 12.2. The topological polar surface area (TPSA) is 71.4 Å². The lowest BCUT2D eigenvalue weighted by molar-refractivity contribution is -0.119. The van der Waals surface area contributed by atoms with Gasteiger partial charge in [-0.05, 0) is 92.3 Å². The highest BCUT2D eigenvalue weighted by atomic mass is 79.9. The molecule has 2 aromatic carbocycles. The smallest absolute Gasteiger partial charge is 0.250 e. The number of anilines is 2. The van der Waals surface area contributed by atoms with E-state index in [0.717, 1.165) is 38.5 Å². The number of ether oxygens (including phenoxy) is 1. The molecule has 1 aliphatic heterocycles. The third-order valence-corrected chi connectivity index (χ3v) is 7.47. The summed E-state index contributed by atoms with van der Waals surface area (Å²) in [5, 5.41) is 6.99. The van der Waals surface area contributed by atoms with Gasteiger partial charge in [-0.15, -0.1) is 0 Å². The summed E-state index contributed by atoms with van der Waals surface area (Å²) in [6, 6.07) is 23.9. The number of hydrogen-bond donors (Lipinski definition) is 2. The van der Waals surface area contributed by atoms with Crippen LogP contribution in [0.2, 0.25) is 0 Å². The number of aromatic nitrogens is 2. The van der Waals surface area contributed by atoms with Gasteiger partial charge in [0.1, 0.15) is 6.61 Å². The highest BCUT2D eigenvalue weighted by Crippen LogP contribution is 2.44. The zero-order valence-corrected chi connectivity index (χ0v) is 23.7. The lowest BCUT2D eigenvalue weighted by Crippen LogP contribution is -2.29. The van der Waals surface area contributed by atoms with Gasteiger partial charge in [-0.3, -0.25) is 9.78 Å². The van der Waals surface area contributed by atoms with Crippen LogP contribution in [0.3, 0.4) is 0 Å². The van der Waals surface area contributed by atoms with Crippen molar-refractivity contribution in [3.05, 3.63) is 106 Å². The van der Waals surface area contributed by atoms with E-state index in [4.69, 9.17) is 17.0 Å². The number of hydrogen-bond acceptors (Lipinski definition) is 4. The summed E-state index contributed by atoms with van der Waals surface area (Å²) in [6.45, 7) is 4.27. The van der Waals surface area contributed by atoms with Crippen molar-refractivity contribution in [3.8, 4) is 5.69 Å². The van der Waals surface area contributed by atoms with Crippen LogP contribution in [0.25, 0.3) is 5.69 Å². The quantitative estimate of drug-likeness (QED) is 0.257. The Morgan fingerprint density at radius 1 is 1.08 bits per heavy atom. The first-order chi connectivity index (χ1) is 18.4. The van der Waals surface area contributed by atoms with Gasteiger partial charge in [0.15, 0.2) is 5.11 Å². The first-order valence-corrected chi connectivity index (χ1v) is 13.4. The third kappa shape index (κ3) is 5.09. The average Bonchev–Trinajstić information content (AvgIpc) is 3.40. The maximum absolute atomic E-state index is 12.0. The number of nitrogens with one attached hydrogen (secondary N) is 2. The van der Waals surface area contributed by atoms with Crippen molar-refractivity contribution in [3.63, 3.8) is 0 Å². The van der Waals surface area contributed by atoms with E-state index in [-0.39, 0.29) is 24.6 Å². The summed E-state index contributed by atoms with van der Waals surface area (Å²) in [5.41, 5.74) is 7.03. The van der Waals surface area contributed by atoms with Gasteiger partial charge < -0.3 is 24.8 Å². The van der Waals surface area contributed by atoms with Crippen molar-refractivity contribution in [2.75, 3.05) is 23.9 Å². The molecule has 9 heteroatoms. The van der Waals surface area contributed by atoms with Gasteiger partial charge in [-0.25, -0.2) is 0 Å². The molecule has 2 aromatic heterocycles. The SMILES string of the molecule is COCC(=O)Nc1ccc(N2C(=S)N[C@@H](c3ccccn3)[C@@H]2c2cc(C)n(-c3cccc(Br)c3)c2C)cc1. The van der Waals surface area contributed by atoms with Crippen molar-refractivity contribution in [2.24, 2.45) is 0 Å². The molecule has 0 unspecified atom stereocenters. The maximum atomic E-state index is 12.0. The van der Waals surface area contributed by atoms with Gasteiger partial charge in [-0.1, -0.05) is 28.1 Å². The van der Waals surface area contributed by atoms with Gasteiger partial charge in [0.05, 0.1) is 17.8 Å². The van der Waals surface area contributed by atoms with E-state index in [1.54, 1.807) is 0 Å². The van der Waals surface area contributed by atoms with Gasteiger partial charge in [0.2, 0.25) is 5.91 Å². The molecule has 3 heterocycles. The average molecular weight is 591 g/mol. The number of rotatable bonds is 7. The third-order valence-electron chi connectivity index (χ3n) is 6.66. The molecule has 5 rings (SSSR count). The second kappa shape index (κ2) is 11.1. The Kier molecular flexibility index (Phi) is 7.60. The Morgan fingerprint density at radius 3 is 2.55 bits per heavy atom. The van der Waals surface area contributed by atoms with Crippen LogP contribution in [-0.4, -0.2) is 34.3 Å². The van der Waals surface area contributed by atoms with E-state index in [9.17, 15) is 4.79 Å². The fourth-order valence-corrected chi connectivity index (χ4v) is 5.82. The standard InChI is InChI=1S/C29H28BrN5O2S/c1-18-15-24(19(2)34(18)23-8-6-7-20(30)16-23)28-27(25-9-4-5-14-31-25)33-29(38)35(28)22-12-10-21(11-13-22)32-26(36)17-37-3/h4-16,27-28H,17H2,1-3H3,(H,32,36)(H,33,38)/t27-,28-/m0/s1. The number of carbonyl (C=O) groups is 1. The van der Waals surface area contributed by atoms with Crippen molar-refractivity contribution in [2.45, 2.75) is 25.9 Å². The van der Waals surface area contributed by atoms with Gasteiger partial charge >= 0.3 is 0 Å². The largest absolute Gasteiger partial charge is 0.375 e. The normalized spacial score (nSPS) is 16.9. The van der Waals surface area contributed by atoms with E-state index in [2.05, 4.69) is 73.1 Å². The van der Waals surface area contributed by atoms with Crippen LogP contribution in [0.15, 0.2) is 83.5 Å². The molecule has 38 heavy (non-hydrogen) atoms. The predicted molar refractivity (Wildman–Crippen MR) is 158 cm³/mol. The van der Waals surface area contributed by atoms with Crippen molar-refractivity contribution in [1.82, 2.24) is 14.9 Å². The van der Waals surface area contributed by atoms with E-state index in [0.29, 0.717) is 10.8 Å². The molecule has 0 bridgehead atoms. The fraction of sp³-hybridized carbons (Fsp3) is 0.207. The highest BCUT2D eigenvalue weighted by molar-refractivity contribution is 9.10. The molecule has 4 aromatic rings. The highest BCUT2D eigenvalue weighted by Gasteiger charge is 2.42. The Bertz CT molecular complexity index is 1470. The van der Waals surface area contributed by atoms with E-state index < -0.39 is 0 Å². The van der Waals surface area contributed by atoms with Crippen LogP contribution in [0.5, 0.6) is 0 Å². The zero-order valence-electron chi connectivity index (χ0n) is 21.3. The van der Waals surface area contributed by atoms with E-state index in [1.807, 2.05) is 60.8 Å². The first kappa shape index (κ1) is 26.1. The summed E-state index contributed by atoms with van der Waals surface area (Å²) >= 11 is 9.50. The molecule has 1 aliphatic rings. The number of benzene rings is 2. The number of pyridine rings is 1. The number of aryl methyl sites for hydroxylation is 1. The second-order valence-corrected chi connectivity index (χ2v) is 10.5. The van der Waals surface area contributed by atoms with E-state index in [1.165, 1.54) is 7.11 Å². The summed E-state index contributed by atoms with van der Waals surface area (Å²) in [5.74, 6) is -0.202. The molecule has 0 spiro atoms. The van der Waals surface area contributed by atoms with Crippen LogP contribution in [0, 0.1) is 13.8 Å². The Balaban J connectivity index is 1.58. The Morgan fingerprint density at radius 2 is 1.87 bits per heavy atom. The molecule has 7 nitrogen and oxygen atoms in total. The zero-order chi connectivity index (χ0) is 26.8. The molecule has 2 N–H and O–H groups in total. The van der Waals surface area contributed by atoms with Crippen molar-refractivity contribution < 1.29 is 9.53 Å². The van der Waals surface area contributed by atoms with Crippen LogP contribution < -0.4 is 15.5 Å². The molecule has 2 atom stereocenters. The minimum Gasteiger partial charge on any atom is -0.375 e. The molecular formula is C29H28BrN5O2S. The van der Waals surface area contributed by atoms with Crippen molar-refractivity contribution >= 4 is 50.5 Å². The molecule has 0 saturated carbocycles. The number of halogens is 1. The number of nitrogens with zero attached hydrogens (tertiary/aromatic N) is 3. The maximum Gasteiger partial charge on any atom is 0.250 e. The molecule has 194 valence electrons. The number of methoxy groups -OCH3 is 1. The molecule has 1 fully saturated rings. The number of carbonyl (C=O) groups excluding carboxylic acids is 1. The fourth-order valence-electron chi connectivity index (χ4n) is 5.08. The molecule has 1 saturated heterocycles. The molecular weight excluding hydrogens is 562 g/mol.